The lowest BCUT2D eigenvalue weighted by Gasteiger charge is -2.40. The van der Waals surface area contributed by atoms with Crippen molar-refractivity contribution in [3.63, 3.8) is 0 Å². The zero-order valence-corrected chi connectivity index (χ0v) is 14.1. The largest absolute Gasteiger partial charge is 0.284 e. The van der Waals surface area contributed by atoms with Crippen LogP contribution in [0.15, 0.2) is 29.2 Å². The van der Waals surface area contributed by atoms with Crippen molar-refractivity contribution in [2.45, 2.75) is 49.0 Å². The van der Waals surface area contributed by atoms with E-state index in [9.17, 15) is 13.2 Å². The first-order valence-corrected chi connectivity index (χ1v) is 9.03. The highest BCUT2D eigenvalue weighted by Gasteiger charge is 2.32. The van der Waals surface area contributed by atoms with Crippen molar-refractivity contribution in [3.8, 4) is 0 Å². The summed E-state index contributed by atoms with van der Waals surface area (Å²) in [5, 5.41) is 7.06. The first-order chi connectivity index (χ1) is 10.2. The third-order valence-electron chi connectivity index (χ3n) is 3.81. The van der Waals surface area contributed by atoms with Gasteiger partial charge in [0.15, 0.2) is 0 Å². The van der Waals surface area contributed by atoms with Crippen LogP contribution in [0.1, 0.15) is 37.0 Å². The van der Waals surface area contributed by atoms with E-state index in [1.165, 1.54) is 18.2 Å². The fraction of sp³-hybridized carbons (Fsp3) is 0.500. The molecule has 0 spiro atoms. The lowest BCUT2D eigenvalue weighted by atomic mass is 9.99. The number of nitrogens with zero attached hydrogens (tertiary/aromatic N) is 1. The van der Waals surface area contributed by atoms with E-state index in [-0.39, 0.29) is 27.9 Å². The molecule has 122 valence electrons. The molecular formula is C14H20ClN3O3S. The highest BCUT2D eigenvalue weighted by atomic mass is 35.5. The van der Waals surface area contributed by atoms with Crippen LogP contribution in [0.2, 0.25) is 0 Å². The van der Waals surface area contributed by atoms with Gasteiger partial charge in [0.05, 0.1) is 10.5 Å². The van der Waals surface area contributed by atoms with Crippen LogP contribution in [-0.4, -0.2) is 36.8 Å². The van der Waals surface area contributed by atoms with Gasteiger partial charge in [-0.25, -0.2) is 18.6 Å². The average molecular weight is 346 g/mol. The first-order valence-electron chi connectivity index (χ1n) is 7.05. The van der Waals surface area contributed by atoms with E-state index in [1.807, 2.05) is 18.9 Å². The molecule has 0 aromatic heterocycles. The van der Waals surface area contributed by atoms with Gasteiger partial charge >= 0.3 is 0 Å². The minimum atomic E-state index is -3.96. The normalized spacial score (nSPS) is 26.6. The Morgan fingerprint density at radius 3 is 2.36 bits per heavy atom. The van der Waals surface area contributed by atoms with E-state index in [0.717, 1.165) is 12.8 Å². The van der Waals surface area contributed by atoms with Crippen molar-refractivity contribution in [1.82, 2.24) is 10.4 Å². The second-order valence-corrected chi connectivity index (χ2v) is 7.80. The van der Waals surface area contributed by atoms with Gasteiger partial charge in [0.1, 0.15) is 0 Å². The zero-order chi connectivity index (χ0) is 16.5. The van der Waals surface area contributed by atoms with Gasteiger partial charge in [0.2, 0.25) is 10.0 Å². The summed E-state index contributed by atoms with van der Waals surface area (Å²) in [7, 11) is -3.96. The Morgan fingerprint density at radius 2 is 1.82 bits per heavy atom. The number of rotatable bonds is 3. The Bertz CT molecular complexity index is 653. The molecule has 1 aromatic rings. The maximum absolute atomic E-state index is 12.4. The first kappa shape index (κ1) is 17.2. The van der Waals surface area contributed by atoms with Crippen LogP contribution < -0.4 is 10.6 Å². The number of carbonyl (C=O) groups excluding carboxylic acids is 1. The van der Waals surface area contributed by atoms with Crippen molar-refractivity contribution in [2.24, 2.45) is 5.14 Å². The summed E-state index contributed by atoms with van der Waals surface area (Å²) < 4.78 is 23.2. The molecule has 0 aliphatic carbocycles. The van der Waals surface area contributed by atoms with Gasteiger partial charge in [0.25, 0.3) is 5.91 Å². The Morgan fingerprint density at radius 1 is 1.27 bits per heavy atom. The number of nitrogens with two attached hydrogens (primary N) is 1. The smallest absolute Gasteiger partial charge is 0.266 e. The van der Waals surface area contributed by atoms with Crippen LogP contribution in [0, 0.1) is 0 Å². The Balaban J connectivity index is 2.23. The Kier molecular flexibility index (Phi) is 5.11. The van der Waals surface area contributed by atoms with Gasteiger partial charge in [-0.05, 0) is 38.8 Å². The summed E-state index contributed by atoms with van der Waals surface area (Å²) in [5.74, 6) is -0.489. The zero-order valence-electron chi connectivity index (χ0n) is 12.5. The fourth-order valence-corrected chi connectivity index (χ4v) is 4.05. The van der Waals surface area contributed by atoms with Gasteiger partial charge in [-0.2, -0.15) is 0 Å². The molecule has 1 heterocycles. The van der Waals surface area contributed by atoms with E-state index < -0.39 is 15.9 Å². The third kappa shape index (κ3) is 3.78. The molecule has 0 bridgehead atoms. The average Bonchev–Trinajstić information content (AvgIpc) is 2.41. The summed E-state index contributed by atoms with van der Waals surface area (Å²) in [6, 6.07) is 6.02. The van der Waals surface area contributed by atoms with Gasteiger partial charge < -0.3 is 0 Å². The van der Waals surface area contributed by atoms with Crippen LogP contribution in [0.25, 0.3) is 0 Å². The van der Waals surface area contributed by atoms with E-state index in [2.05, 4.69) is 5.43 Å². The number of hydrogen-bond acceptors (Lipinski definition) is 4. The maximum atomic E-state index is 12.4. The van der Waals surface area contributed by atoms with Gasteiger partial charge in [0, 0.05) is 17.5 Å². The molecule has 1 aliphatic heterocycles. The molecule has 0 radical (unpaired) electrons. The number of carbonyl (C=O) groups is 1. The van der Waals surface area contributed by atoms with E-state index in [4.69, 9.17) is 16.7 Å². The van der Waals surface area contributed by atoms with Crippen molar-refractivity contribution >= 4 is 27.5 Å². The molecule has 0 saturated carbocycles. The second kappa shape index (κ2) is 6.54. The monoisotopic (exact) mass is 345 g/mol. The molecule has 1 aromatic carbocycles. The maximum Gasteiger partial charge on any atom is 0.266 e. The molecule has 1 fully saturated rings. The topological polar surface area (TPSA) is 92.5 Å². The number of hydrogen-bond donors (Lipinski definition) is 2. The standard InChI is InChI=1S/C14H20ClN3O3S/c1-9-7-11(15)8-10(2)18(9)17-14(19)12-5-3-4-6-13(12)22(16,20)21/h3-6,9-11H,7-8H2,1-2H3,(H,17,19)(H2,16,20,21)/t9-,10+,11?. The molecule has 1 aliphatic rings. The van der Waals surface area contributed by atoms with Crippen LogP contribution in [-0.2, 0) is 10.0 Å². The summed E-state index contributed by atoms with van der Waals surface area (Å²) in [6.45, 7) is 3.94. The molecular weight excluding hydrogens is 326 g/mol. The predicted molar refractivity (Wildman–Crippen MR) is 84.9 cm³/mol. The number of halogens is 1. The third-order valence-corrected chi connectivity index (χ3v) is 5.14. The summed E-state index contributed by atoms with van der Waals surface area (Å²) in [4.78, 5) is 12.3. The highest BCUT2D eigenvalue weighted by molar-refractivity contribution is 7.89. The van der Waals surface area contributed by atoms with Crippen LogP contribution in [0.3, 0.4) is 0 Å². The predicted octanol–water partition coefficient (Wildman–Crippen LogP) is 1.46. The van der Waals surface area contributed by atoms with Crippen molar-refractivity contribution in [1.29, 1.82) is 0 Å². The lowest BCUT2D eigenvalue weighted by Crippen LogP contribution is -2.56. The molecule has 2 rings (SSSR count). The summed E-state index contributed by atoms with van der Waals surface area (Å²) in [5.41, 5.74) is 2.82. The Labute approximate surface area is 135 Å². The fourth-order valence-electron chi connectivity index (χ4n) is 2.80. The number of alkyl halides is 1. The second-order valence-electron chi connectivity index (χ2n) is 5.66. The minimum absolute atomic E-state index is 0.0393. The van der Waals surface area contributed by atoms with Gasteiger partial charge in [-0.15, -0.1) is 11.6 Å². The SMILES string of the molecule is C[C@@H]1CC(Cl)C[C@H](C)N1NC(=O)c1ccccc1S(N)(=O)=O. The summed E-state index contributed by atoms with van der Waals surface area (Å²) in [6.07, 6.45) is 1.51. The van der Waals surface area contributed by atoms with Crippen LogP contribution in [0.5, 0.6) is 0 Å². The molecule has 8 heteroatoms. The number of hydrazine groups is 1. The van der Waals surface area contributed by atoms with Crippen molar-refractivity contribution in [2.75, 3.05) is 0 Å². The minimum Gasteiger partial charge on any atom is -0.284 e. The van der Waals surface area contributed by atoms with Crippen molar-refractivity contribution < 1.29 is 13.2 Å². The van der Waals surface area contributed by atoms with E-state index in [0.29, 0.717) is 0 Å². The van der Waals surface area contributed by atoms with Gasteiger partial charge in [-0.1, -0.05) is 12.1 Å². The number of sulfonamides is 1. The van der Waals surface area contributed by atoms with Crippen LogP contribution >= 0.6 is 11.6 Å². The summed E-state index contributed by atoms with van der Waals surface area (Å²) >= 11 is 6.18. The highest BCUT2D eigenvalue weighted by Crippen LogP contribution is 2.25. The molecule has 1 amide bonds. The molecule has 3 atom stereocenters. The quantitative estimate of drug-likeness (QED) is 0.811. The molecule has 1 saturated heterocycles. The number of primary sulfonamides is 1. The number of piperidine rings is 1. The molecule has 22 heavy (non-hydrogen) atoms. The lowest BCUT2D eigenvalue weighted by molar-refractivity contribution is 0.0378. The number of nitrogens with one attached hydrogen (secondary N) is 1. The van der Waals surface area contributed by atoms with E-state index >= 15 is 0 Å². The Hall–Kier alpha value is -1.15. The van der Waals surface area contributed by atoms with Crippen molar-refractivity contribution in [3.05, 3.63) is 29.8 Å². The van der Waals surface area contributed by atoms with E-state index in [1.54, 1.807) is 6.07 Å². The number of benzene rings is 1. The molecule has 1 unspecified atom stereocenters. The molecule has 6 nitrogen and oxygen atoms in total. The number of amides is 1. The molecule has 3 N–H and O–H groups in total. The van der Waals surface area contributed by atoms with Crippen LogP contribution in [0.4, 0.5) is 0 Å². The van der Waals surface area contributed by atoms with Gasteiger partial charge in [-0.3, -0.25) is 10.2 Å².